The Morgan fingerprint density at radius 3 is 2.41 bits per heavy atom. The number of amides is 1. The van der Waals surface area contributed by atoms with Crippen molar-refractivity contribution in [2.45, 2.75) is 50.5 Å². The Bertz CT molecular complexity index is 1330. The van der Waals surface area contributed by atoms with Gasteiger partial charge in [0, 0.05) is 0 Å². The summed E-state index contributed by atoms with van der Waals surface area (Å²) >= 11 is 0. The zero-order chi connectivity index (χ0) is 26.6. The van der Waals surface area contributed by atoms with E-state index in [2.05, 4.69) is 33.0 Å². The van der Waals surface area contributed by atoms with E-state index in [-0.39, 0.29) is 30.0 Å². The summed E-state index contributed by atoms with van der Waals surface area (Å²) in [6.45, 7) is 8.67. The maximum Gasteiger partial charge on any atom is 0.264 e. The largest absolute Gasteiger partial charge is 0.492 e. The Balaban J connectivity index is 1.51. The fourth-order valence-electron chi connectivity index (χ4n) is 4.08. The number of nitrogens with zero attached hydrogens (tertiary/aromatic N) is 1. The van der Waals surface area contributed by atoms with Gasteiger partial charge in [0.1, 0.15) is 18.1 Å². The minimum atomic E-state index is -3.92. The number of anilines is 1. The van der Waals surface area contributed by atoms with E-state index in [1.54, 1.807) is 36.4 Å². The molecule has 0 spiro atoms. The molecule has 7 nitrogen and oxygen atoms in total. The summed E-state index contributed by atoms with van der Waals surface area (Å²) in [7, 11) is -3.92. The first kappa shape index (κ1) is 26.5. The molecule has 1 unspecified atom stereocenters. The second-order valence-electron chi connectivity index (χ2n) is 10.0. The van der Waals surface area contributed by atoms with Gasteiger partial charge in [-0.3, -0.25) is 9.10 Å². The van der Waals surface area contributed by atoms with Gasteiger partial charge >= 0.3 is 0 Å². The van der Waals surface area contributed by atoms with Crippen molar-refractivity contribution < 1.29 is 22.7 Å². The van der Waals surface area contributed by atoms with Gasteiger partial charge < -0.3 is 14.8 Å². The van der Waals surface area contributed by atoms with Crippen molar-refractivity contribution in [3.05, 3.63) is 83.9 Å². The number of aryl methyl sites for hydroxylation is 1. The van der Waals surface area contributed by atoms with Gasteiger partial charge in [-0.2, -0.15) is 0 Å². The van der Waals surface area contributed by atoms with Crippen LogP contribution in [0, 0.1) is 0 Å². The van der Waals surface area contributed by atoms with Gasteiger partial charge in [0.2, 0.25) is 0 Å². The number of benzene rings is 3. The lowest BCUT2D eigenvalue weighted by atomic mass is 9.86. The van der Waals surface area contributed by atoms with Crippen molar-refractivity contribution in [1.82, 2.24) is 5.32 Å². The Kier molecular flexibility index (Phi) is 7.78. The van der Waals surface area contributed by atoms with E-state index in [0.29, 0.717) is 11.4 Å². The molecule has 3 aromatic rings. The van der Waals surface area contributed by atoms with Gasteiger partial charge in [-0.05, 0) is 59.4 Å². The van der Waals surface area contributed by atoms with E-state index in [1.807, 2.05) is 36.4 Å². The highest BCUT2D eigenvalue weighted by molar-refractivity contribution is 7.92. The van der Waals surface area contributed by atoms with Crippen LogP contribution in [0.5, 0.6) is 11.5 Å². The first-order chi connectivity index (χ1) is 17.6. The Labute approximate surface area is 219 Å². The quantitative estimate of drug-likeness (QED) is 0.434. The first-order valence-corrected chi connectivity index (χ1v) is 13.9. The van der Waals surface area contributed by atoms with Crippen LogP contribution >= 0.6 is 0 Å². The molecular weight excluding hydrogens is 488 g/mol. The average molecular weight is 523 g/mol. The lowest BCUT2D eigenvalue weighted by Gasteiger charge is -2.36. The van der Waals surface area contributed by atoms with Gasteiger partial charge in [-0.15, -0.1) is 0 Å². The normalized spacial score (nSPS) is 15.5. The molecule has 0 aromatic heterocycles. The molecule has 1 aliphatic heterocycles. The van der Waals surface area contributed by atoms with Crippen molar-refractivity contribution in [3.63, 3.8) is 0 Å². The molecule has 0 aliphatic carbocycles. The summed E-state index contributed by atoms with van der Waals surface area (Å²) in [4.78, 5) is 13.2. The molecule has 0 saturated carbocycles. The highest BCUT2D eigenvalue weighted by Gasteiger charge is 2.38. The summed E-state index contributed by atoms with van der Waals surface area (Å²) in [5, 5.41) is 2.81. The number of fused-ring (bicyclic) bond motifs is 1. The Morgan fingerprint density at radius 1 is 1.05 bits per heavy atom. The van der Waals surface area contributed by atoms with Crippen LogP contribution in [-0.2, 0) is 26.7 Å². The van der Waals surface area contributed by atoms with Gasteiger partial charge in [0.05, 0.1) is 23.7 Å². The topological polar surface area (TPSA) is 84.9 Å². The SMILES string of the molecule is CCc1ccc(OCCNC(=O)C2CN(S(=O)(=O)c3ccccc3)c3cc(C(C)(C)C)ccc3O2)cc1. The second-order valence-corrected chi connectivity index (χ2v) is 11.9. The van der Waals surface area contributed by atoms with E-state index in [1.165, 1.54) is 9.87 Å². The molecule has 0 bridgehead atoms. The van der Waals surface area contributed by atoms with Crippen molar-refractivity contribution in [2.24, 2.45) is 0 Å². The number of hydrogen-bond acceptors (Lipinski definition) is 5. The van der Waals surface area contributed by atoms with Crippen LogP contribution in [0.2, 0.25) is 0 Å². The van der Waals surface area contributed by atoms with Gasteiger partial charge in [-0.25, -0.2) is 8.42 Å². The van der Waals surface area contributed by atoms with E-state index in [9.17, 15) is 13.2 Å². The van der Waals surface area contributed by atoms with Crippen LogP contribution in [0.15, 0.2) is 77.7 Å². The summed E-state index contributed by atoms with van der Waals surface area (Å²) in [5.41, 5.74) is 2.43. The molecule has 1 aliphatic rings. The van der Waals surface area contributed by atoms with Crippen LogP contribution in [0.1, 0.15) is 38.8 Å². The predicted octanol–water partition coefficient (Wildman–Crippen LogP) is 4.70. The fraction of sp³-hybridized carbons (Fsp3) is 0.345. The zero-order valence-electron chi connectivity index (χ0n) is 21.7. The lowest BCUT2D eigenvalue weighted by molar-refractivity contribution is -0.127. The van der Waals surface area contributed by atoms with Crippen LogP contribution < -0.4 is 19.1 Å². The predicted molar refractivity (Wildman–Crippen MR) is 145 cm³/mol. The van der Waals surface area contributed by atoms with Crippen molar-refractivity contribution in [1.29, 1.82) is 0 Å². The fourth-order valence-corrected chi connectivity index (χ4v) is 5.57. The molecule has 1 amide bonds. The number of carbonyl (C=O) groups excluding carboxylic acids is 1. The Morgan fingerprint density at radius 2 is 1.76 bits per heavy atom. The number of nitrogens with one attached hydrogen (secondary N) is 1. The van der Waals surface area contributed by atoms with Gasteiger partial charge in [-0.1, -0.05) is 64.1 Å². The summed E-state index contributed by atoms with van der Waals surface area (Å²) in [6, 6.07) is 21.5. The summed E-state index contributed by atoms with van der Waals surface area (Å²) in [5.74, 6) is 0.680. The van der Waals surface area contributed by atoms with E-state index >= 15 is 0 Å². The number of rotatable bonds is 8. The second kappa shape index (κ2) is 10.8. The third kappa shape index (κ3) is 6.07. The van der Waals surface area contributed by atoms with E-state index < -0.39 is 22.0 Å². The standard InChI is InChI=1S/C29H34N2O5S/c1-5-21-11-14-23(15-12-21)35-18-17-30-28(32)27-20-31(37(33,34)24-9-7-6-8-10-24)25-19-22(29(2,3)4)13-16-26(25)36-27/h6-16,19,27H,5,17-18,20H2,1-4H3,(H,30,32). The maximum absolute atomic E-state index is 13.7. The Hall–Kier alpha value is -3.52. The van der Waals surface area contributed by atoms with Crippen molar-refractivity contribution in [3.8, 4) is 11.5 Å². The number of carbonyl (C=O) groups is 1. The molecule has 37 heavy (non-hydrogen) atoms. The smallest absolute Gasteiger partial charge is 0.264 e. The van der Waals surface area contributed by atoms with Crippen LogP contribution in [-0.4, -0.2) is 40.1 Å². The molecule has 0 saturated heterocycles. The molecule has 1 heterocycles. The molecule has 0 fully saturated rings. The van der Waals surface area contributed by atoms with Crippen molar-refractivity contribution >= 4 is 21.6 Å². The monoisotopic (exact) mass is 522 g/mol. The molecular formula is C29H34N2O5S. The number of sulfonamides is 1. The molecule has 196 valence electrons. The van der Waals surface area contributed by atoms with Crippen LogP contribution in [0.4, 0.5) is 5.69 Å². The maximum atomic E-state index is 13.7. The minimum Gasteiger partial charge on any atom is -0.492 e. The summed E-state index contributed by atoms with van der Waals surface area (Å²) in [6.07, 6.45) is -0.0506. The van der Waals surface area contributed by atoms with E-state index in [4.69, 9.17) is 9.47 Å². The lowest BCUT2D eigenvalue weighted by Crippen LogP contribution is -2.51. The van der Waals surface area contributed by atoms with E-state index in [0.717, 1.165) is 17.7 Å². The average Bonchev–Trinajstić information content (AvgIpc) is 2.90. The van der Waals surface area contributed by atoms with Gasteiger partial charge in [0.15, 0.2) is 6.10 Å². The number of hydrogen-bond donors (Lipinski definition) is 1. The first-order valence-electron chi connectivity index (χ1n) is 12.5. The highest BCUT2D eigenvalue weighted by Crippen LogP contribution is 2.40. The molecule has 8 heteroatoms. The molecule has 4 rings (SSSR count). The molecule has 3 aromatic carbocycles. The zero-order valence-corrected chi connectivity index (χ0v) is 22.5. The number of ether oxygens (including phenoxy) is 2. The molecule has 0 radical (unpaired) electrons. The highest BCUT2D eigenvalue weighted by atomic mass is 32.2. The third-order valence-electron chi connectivity index (χ3n) is 6.32. The van der Waals surface area contributed by atoms with Crippen LogP contribution in [0.3, 0.4) is 0 Å². The van der Waals surface area contributed by atoms with Gasteiger partial charge in [0.25, 0.3) is 15.9 Å². The minimum absolute atomic E-state index is 0.136. The molecule has 1 N–H and O–H groups in total. The molecule has 1 atom stereocenters. The van der Waals surface area contributed by atoms with Crippen LogP contribution in [0.25, 0.3) is 0 Å². The van der Waals surface area contributed by atoms with Crippen molar-refractivity contribution in [2.75, 3.05) is 24.0 Å². The summed E-state index contributed by atoms with van der Waals surface area (Å²) < 4.78 is 40.3. The third-order valence-corrected chi connectivity index (χ3v) is 8.11.